The van der Waals surface area contributed by atoms with Crippen LogP contribution in [-0.4, -0.2) is 48.6 Å². The number of piperazine rings is 1. The standard InChI is InChI=1S/C16H22N4O/c1-2-3-7-19-8-10-20(11-9-19)16(21)18-15-6-4-5-14(12-15)13-17/h4-6,12H,2-3,7-11H2,1H3,(H,18,21). The van der Waals surface area contributed by atoms with Crippen LogP contribution in [0.5, 0.6) is 0 Å². The van der Waals surface area contributed by atoms with Crippen molar-refractivity contribution in [2.45, 2.75) is 19.8 Å². The Morgan fingerprint density at radius 2 is 2.10 bits per heavy atom. The molecular weight excluding hydrogens is 264 g/mol. The van der Waals surface area contributed by atoms with Gasteiger partial charge in [-0.25, -0.2) is 4.79 Å². The summed E-state index contributed by atoms with van der Waals surface area (Å²) in [7, 11) is 0. The Hall–Kier alpha value is -2.06. The molecule has 21 heavy (non-hydrogen) atoms. The van der Waals surface area contributed by atoms with Gasteiger partial charge in [0.2, 0.25) is 0 Å². The highest BCUT2D eigenvalue weighted by atomic mass is 16.2. The van der Waals surface area contributed by atoms with Crippen LogP contribution < -0.4 is 5.32 Å². The smallest absolute Gasteiger partial charge is 0.321 e. The molecule has 1 aromatic rings. The summed E-state index contributed by atoms with van der Waals surface area (Å²) < 4.78 is 0. The van der Waals surface area contributed by atoms with E-state index >= 15 is 0 Å². The van der Waals surface area contributed by atoms with Crippen LogP contribution in [0, 0.1) is 11.3 Å². The Morgan fingerprint density at radius 3 is 2.76 bits per heavy atom. The van der Waals surface area contributed by atoms with Gasteiger partial charge in [0.05, 0.1) is 11.6 Å². The number of rotatable bonds is 4. The SMILES string of the molecule is CCCCN1CCN(C(=O)Nc2cccc(C#N)c2)CC1. The molecule has 1 N–H and O–H groups in total. The molecule has 0 bridgehead atoms. The molecule has 1 fully saturated rings. The van der Waals surface area contributed by atoms with Crippen molar-refractivity contribution in [1.29, 1.82) is 5.26 Å². The molecule has 1 aliphatic rings. The summed E-state index contributed by atoms with van der Waals surface area (Å²) in [5.41, 5.74) is 1.23. The highest BCUT2D eigenvalue weighted by molar-refractivity contribution is 5.89. The third-order valence-electron chi connectivity index (χ3n) is 3.73. The van der Waals surface area contributed by atoms with E-state index in [0.717, 1.165) is 32.7 Å². The van der Waals surface area contributed by atoms with Gasteiger partial charge in [-0.3, -0.25) is 4.90 Å². The number of hydrogen-bond donors (Lipinski definition) is 1. The number of nitrogens with zero attached hydrogens (tertiary/aromatic N) is 3. The summed E-state index contributed by atoms with van der Waals surface area (Å²) in [6.45, 7) is 6.70. The number of nitrogens with one attached hydrogen (secondary N) is 1. The zero-order chi connectivity index (χ0) is 15.1. The van der Waals surface area contributed by atoms with Crippen LogP contribution in [0.4, 0.5) is 10.5 Å². The van der Waals surface area contributed by atoms with Gasteiger partial charge < -0.3 is 10.2 Å². The maximum atomic E-state index is 12.2. The first kappa shape index (κ1) is 15.3. The van der Waals surface area contributed by atoms with Gasteiger partial charge in [-0.15, -0.1) is 0 Å². The first-order valence-electron chi connectivity index (χ1n) is 7.51. The third-order valence-corrected chi connectivity index (χ3v) is 3.73. The lowest BCUT2D eigenvalue weighted by atomic mass is 10.2. The van der Waals surface area contributed by atoms with Crippen molar-refractivity contribution in [2.75, 3.05) is 38.0 Å². The van der Waals surface area contributed by atoms with Crippen molar-refractivity contribution in [3.63, 3.8) is 0 Å². The molecule has 1 heterocycles. The fraction of sp³-hybridized carbons (Fsp3) is 0.500. The number of unbranched alkanes of at least 4 members (excludes halogenated alkanes) is 1. The number of carbonyl (C=O) groups is 1. The lowest BCUT2D eigenvalue weighted by Crippen LogP contribution is -2.50. The fourth-order valence-electron chi connectivity index (χ4n) is 2.43. The second-order valence-electron chi connectivity index (χ2n) is 5.31. The molecule has 0 unspecified atom stereocenters. The second-order valence-corrected chi connectivity index (χ2v) is 5.31. The summed E-state index contributed by atoms with van der Waals surface area (Å²) in [5.74, 6) is 0. The first-order valence-corrected chi connectivity index (χ1v) is 7.51. The van der Waals surface area contributed by atoms with Crippen molar-refractivity contribution in [3.05, 3.63) is 29.8 Å². The van der Waals surface area contributed by atoms with Crippen LogP contribution in [0.15, 0.2) is 24.3 Å². The molecule has 5 nitrogen and oxygen atoms in total. The molecule has 5 heteroatoms. The number of amides is 2. The zero-order valence-corrected chi connectivity index (χ0v) is 12.5. The zero-order valence-electron chi connectivity index (χ0n) is 12.5. The molecular formula is C16H22N4O. The fourth-order valence-corrected chi connectivity index (χ4v) is 2.43. The number of anilines is 1. The highest BCUT2D eigenvalue weighted by Gasteiger charge is 2.20. The Labute approximate surface area is 126 Å². The molecule has 0 aliphatic carbocycles. The van der Waals surface area contributed by atoms with Gasteiger partial charge in [-0.05, 0) is 31.2 Å². The number of benzene rings is 1. The number of urea groups is 1. The average molecular weight is 286 g/mol. The van der Waals surface area contributed by atoms with Gasteiger partial charge in [0, 0.05) is 31.9 Å². The molecule has 1 aromatic carbocycles. The minimum atomic E-state index is -0.0831. The maximum absolute atomic E-state index is 12.2. The molecule has 2 rings (SSSR count). The number of carbonyl (C=O) groups excluding carboxylic acids is 1. The van der Waals surface area contributed by atoms with Crippen molar-refractivity contribution in [2.24, 2.45) is 0 Å². The van der Waals surface area contributed by atoms with E-state index in [4.69, 9.17) is 5.26 Å². The van der Waals surface area contributed by atoms with E-state index in [1.165, 1.54) is 12.8 Å². The topological polar surface area (TPSA) is 59.4 Å². The van der Waals surface area contributed by atoms with Crippen LogP contribution in [0.1, 0.15) is 25.3 Å². The Kier molecular flexibility index (Phi) is 5.59. The van der Waals surface area contributed by atoms with E-state index in [2.05, 4.69) is 23.2 Å². The van der Waals surface area contributed by atoms with Crippen LogP contribution in [-0.2, 0) is 0 Å². The average Bonchev–Trinajstić information content (AvgIpc) is 2.53. The lowest BCUT2D eigenvalue weighted by Gasteiger charge is -2.34. The van der Waals surface area contributed by atoms with Gasteiger partial charge >= 0.3 is 6.03 Å². The first-order chi connectivity index (χ1) is 10.2. The largest absolute Gasteiger partial charge is 0.322 e. The normalized spacial score (nSPS) is 15.5. The van der Waals surface area contributed by atoms with Crippen LogP contribution in [0.3, 0.4) is 0 Å². The number of nitriles is 1. The van der Waals surface area contributed by atoms with Crippen molar-refractivity contribution in [1.82, 2.24) is 9.80 Å². The molecule has 0 spiro atoms. The Balaban J connectivity index is 1.83. The van der Waals surface area contributed by atoms with E-state index in [1.54, 1.807) is 24.3 Å². The van der Waals surface area contributed by atoms with Crippen molar-refractivity contribution >= 4 is 11.7 Å². The van der Waals surface area contributed by atoms with Crippen molar-refractivity contribution in [3.8, 4) is 6.07 Å². The van der Waals surface area contributed by atoms with Crippen LogP contribution in [0.2, 0.25) is 0 Å². The molecule has 0 atom stereocenters. The van der Waals surface area contributed by atoms with E-state index in [1.807, 2.05) is 4.90 Å². The summed E-state index contributed by atoms with van der Waals surface area (Å²) in [6, 6.07) is 8.98. The molecule has 0 aromatic heterocycles. The lowest BCUT2D eigenvalue weighted by molar-refractivity contribution is 0.146. The molecule has 0 radical (unpaired) electrons. The number of hydrogen-bond acceptors (Lipinski definition) is 3. The minimum absolute atomic E-state index is 0.0831. The molecule has 2 amide bonds. The highest BCUT2D eigenvalue weighted by Crippen LogP contribution is 2.12. The van der Waals surface area contributed by atoms with Gasteiger partial charge in [-0.2, -0.15) is 5.26 Å². The van der Waals surface area contributed by atoms with Crippen LogP contribution in [0.25, 0.3) is 0 Å². The van der Waals surface area contributed by atoms with Crippen LogP contribution >= 0.6 is 0 Å². The predicted molar refractivity (Wildman–Crippen MR) is 83.1 cm³/mol. The monoisotopic (exact) mass is 286 g/mol. The van der Waals surface area contributed by atoms with E-state index in [9.17, 15) is 4.79 Å². The van der Waals surface area contributed by atoms with E-state index < -0.39 is 0 Å². The van der Waals surface area contributed by atoms with E-state index in [0.29, 0.717) is 11.3 Å². The summed E-state index contributed by atoms with van der Waals surface area (Å²) in [5, 5.41) is 11.7. The molecule has 112 valence electrons. The van der Waals surface area contributed by atoms with Gasteiger partial charge in [0.15, 0.2) is 0 Å². The predicted octanol–water partition coefficient (Wildman–Crippen LogP) is 2.51. The quantitative estimate of drug-likeness (QED) is 0.925. The van der Waals surface area contributed by atoms with Gasteiger partial charge in [0.1, 0.15) is 0 Å². The third kappa shape index (κ3) is 4.47. The van der Waals surface area contributed by atoms with E-state index in [-0.39, 0.29) is 6.03 Å². The molecule has 0 saturated carbocycles. The Morgan fingerprint density at radius 1 is 1.33 bits per heavy atom. The van der Waals surface area contributed by atoms with Gasteiger partial charge in [0.25, 0.3) is 0 Å². The Bertz CT molecular complexity index is 515. The second kappa shape index (κ2) is 7.65. The maximum Gasteiger partial charge on any atom is 0.321 e. The summed E-state index contributed by atoms with van der Waals surface area (Å²) in [6.07, 6.45) is 2.42. The van der Waals surface area contributed by atoms with Gasteiger partial charge in [-0.1, -0.05) is 19.4 Å². The molecule has 1 aliphatic heterocycles. The van der Waals surface area contributed by atoms with Crippen molar-refractivity contribution < 1.29 is 4.79 Å². The molecule has 1 saturated heterocycles. The summed E-state index contributed by atoms with van der Waals surface area (Å²) >= 11 is 0. The minimum Gasteiger partial charge on any atom is -0.322 e. The summed E-state index contributed by atoms with van der Waals surface area (Å²) in [4.78, 5) is 16.4.